The van der Waals surface area contributed by atoms with Crippen LogP contribution in [-0.4, -0.2) is 26.1 Å². The third-order valence-electron chi connectivity index (χ3n) is 3.38. The zero-order valence-electron chi connectivity index (χ0n) is 10.4. The standard InChI is InChI=1S/C12H16ClN5/c1-8-10(13)17-12-15-7-16-18(12)11(8)14-6-2-3-9-4-5-9/h7,9,14H,2-6H2,1H3. The van der Waals surface area contributed by atoms with Crippen LogP contribution in [0.15, 0.2) is 6.33 Å². The molecule has 0 aromatic carbocycles. The average Bonchev–Trinajstić information content (AvgIpc) is 3.07. The van der Waals surface area contributed by atoms with Gasteiger partial charge in [-0.15, -0.1) is 0 Å². The van der Waals surface area contributed by atoms with Crippen molar-refractivity contribution >= 4 is 23.2 Å². The predicted octanol–water partition coefficient (Wildman–Crippen LogP) is 2.69. The molecule has 1 saturated carbocycles. The van der Waals surface area contributed by atoms with Gasteiger partial charge in [-0.3, -0.25) is 0 Å². The molecule has 0 amide bonds. The van der Waals surface area contributed by atoms with Crippen molar-refractivity contribution in [2.24, 2.45) is 5.92 Å². The fourth-order valence-corrected chi connectivity index (χ4v) is 2.27. The topological polar surface area (TPSA) is 55.1 Å². The Morgan fingerprint density at radius 3 is 3.11 bits per heavy atom. The van der Waals surface area contributed by atoms with Gasteiger partial charge >= 0.3 is 0 Å². The summed E-state index contributed by atoms with van der Waals surface area (Å²) in [6, 6.07) is 0. The highest BCUT2D eigenvalue weighted by Gasteiger charge is 2.20. The summed E-state index contributed by atoms with van der Waals surface area (Å²) in [5, 5.41) is 8.06. The summed E-state index contributed by atoms with van der Waals surface area (Å²) in [5.74, 6) is 2.41. The fourth-order valence-electron chi connectivity index (χ4n) is 2.11. The molecule has 5 nitrogen and oxygen atoms in total. The van der Waals surface area contributed by atoms with E-state index in [0.717, 1.165) is 23.8 Å². The van der Waals surface area contributed by atoms with Crippen LogP contribution in [0.5, 0.6) is 0 Å². The van der Waals surface area contributed by atoms with Crippen LogP contribution < -0.4 is 5.32 Å². The first-order valence-electron chi connectivity index (χ1n) is 6.35. The van der Waals surface area contributed by atoms with Crippen molar-refractivity contribution in [3.63, 3.8) is 0 Å². The van der Waals surface area contributed by atoms with E-state index in [1.807, 2.05) is 6.92 Å². The van der Waals surface area contributed by atoms with Crippen molar-refractivity contribution in [1.82, 2.24) is 19.6 Å². The Kier molecular flexibility index (Phi) is 3.07. The largest absolute Gasteiger partial charge is 0.370 e. The molecule has 1 N–H and O–H groups in total. The second-order valence-electron chi connectivity index (χ2n) is 4.86. The third kappa shape index (κ3) is 2.27. The Labute approximate surface area is 111 Å². The fraction of sp³-hybridized carbons (Fsp3) is 0.583. The number of nitrogens with zero attached hydrogens (tertiary/aromatic N) is 4. The molecule has 0 atom stereocenters. The molecule has 2 aromatic heterocycles. The van der Waals surface area contributed by atoms with Gasteiger partial charge in [0.25, 0.3) is 5.78 Å². The molecular weight excluding hydrogens is 250 g/mol. The van der Waals surface area contributed by atoms with Gasteiger partial charge in [0.1, 0.15) is 17.3 Å². The molecule has 0 radical (unpaired) electrons. The average molecular weight is 266 g/mol. The molecule has 96 valence electrons. The lowest BCUT2D eigenvalue weighted by Gasteiger charge is -2.11. The van der Waals surface area contributed by atoms with Crippen LogP contribution in [0.25, 0.3) is 5.78 Å². The van der Waals surface area contributed by atoms with Gasteiger partial charge in [0.05, 0.1) is 0 Å². The second kappa shape index (κ2) is 4.72. The number of hydrogen-bond donors (Lipinski definition) is 1. The van der Waals surface area contributed by atoms with Gasteiger partial charge in [0.2, 0.25) is 0 Å². The van der Waals surface area contributed by atoms with E-state index in [1.165, 1.54) is 32.0 Å². The number of anilines is 1. The van der Waals surface area contributed by atoms with Crippen LogP contribution in [0.2, 0.25) is 5.15 Å². The number of rotatable bonds is 5. The lowest BCUT2D eigenvalue weighted by Crippen LogP contribution is -2.10. The van der Waals surface area contributed by atoms with Crippen LogP contribution in [0, 0.1) is 12.8 Å². The molecule has 1 aliphatic carbocycles. The van der Waals surface area contributed by atoms with E-state index < -0.39 is 0 Å². The monoisotopic (exact) mass is 265 g/mol. The van der Waals surface area contributed by atoms with E-state index in [4.69, 9.17) is 11.6 Å². The van der Waals surface area contributed by atoms with Crippen LogP contribution in [0.1, 0.15) is 31.2 Å². The number of halogens is 1. The summed E-state index contributed by atoms with van der Waals surface area (Å²) in [4.78, 5) is 8.24. The Balaban J connectivity index is 1.75. The summed E-state index contributed by atoms with van der Waals surface area (Å²) in [5.41, 5.74) is 0.918. The summed E-state index contributed by atoms with van der Waals surface area (Å²) >= 11 is 6.09. The highest BCUT2D eigenvalue weighted by Crippen LogP contribution is 2.33. The highest BCUT2D eigenvalue weighted by atomic mass is 35.5. The summed E-state index contributed by atoms with van der Waals surface area (Å²) in [6.45, 7) is 2.88. The number of aromatic nitrogens is 4. The molecule has 1 aliphatic rings. The third-order valence-corrected chi connectivity index (χ3v) is 3.75. The number of nitrogens with one attached hydrogen (secondary N) is 1. The van der Waals surface area contributed by atoms with E-state index in [9.17, 15) is 0 Å². The molecule has 0 saturated heterocycles. The molecule has 0 bridgehead atoms. The van der Waals surface area contributed by atoms with E-state index in [-0.39, 0.29) is 0 Å². The maximum absolute atomic E-state index is 6.09. The molecule has 6 heteroatoms. The van der Waals surface area contributed by atoms with Gasteiger partial charge < -0.3 is 5.32 Å². The SMILES string of the molecule is Cc1c(Cl)nc2ncnn2c1NCCCC1CC1. The van der Waals surface area contributed by atoms with Crippen molar-refractivity contribution in [3.8, 4) is 0 Å². The van der Waals surface area contributed by atoms with Gasteiger partial charge in [0.15, 0.2) is 0 Å². The van der Waals surface area contributed by atoms with E-state index in [0.29, 0.717) is 10.9 Å². The van der Waals surface area contributed by atoms with Gasteiger partial charge in [-0.05, 0) is 25.7 Å². The Morgan fingerprint density at radius 1 is 1.50 bits per heavy atom. The lowest BCUT2D eigenvalue weighted by atomic mass is 10.2. The Hall–Kier alpha value is -1.36. The van der Waals surface area contributed by atoms with Crippen molar-refractivity contribution < 1.29 is 0 Å². The molecule has 18 heavy (non-hydrogen) atoms. The lowest BCUT2D eigenvalue weighted by molar-refractivity contribution is 0.684. The van der Waals surface area contributed by atoms with E-state index in [2.05, 4.69) is 20.4 Å². The number of hydrogen-bond acceptors (Lipinski definition) is 4. The minimum absolute atomic E-state index is 0.486. The quantitative estimate of drug-likeness (QED) is 0.667. The summed E-state index contributed by atoms with van der Waals surface area (Å²) in [7, 11) is 0. The minimum atomic E-state index is 0.486. The van der Waals surface area contributed by atoms with E-state index >= 15 is 0 Å². The Morgan fingerprint density at radius 2 is 2.33 bits per heavy atom. The van der Waals surface area contributed by atoms with Gasteiger partial charge in [-0.2, -0.15) is 19.6 Å². The van der Waals surface area contributed by atoms with Gasteiger partial charge in [-0.1, -0.05) is 24.4 Å². The molecule has 0 aliphatic heterocycles. The smallest absolute Gasteiger partial charge is 0.255 e. The van der Waals surface area contributed by atoms with Crippen molar-refractivity contribution in [1.29, 1.82) is 0 Å². The molecule has 2 aromatic rings. The van der Waals surface area contributed by atoms with Crippen LogP contribution in [0.4, 0.5) is 5.82 Å². The zero-order chi connectivity index (χ0) is 12.5. The Bertz CT molecular complexity index is 561. The van der Waals surface area contributed by atoms with Crippen LogP contribution >= 0.6 is 11.6 Å². The second-order valence-corrected chi connectivity index (χ2v) is 5.22. The van der Waals surface area contributed by atoms with Gasteiger partial charge in [-0.25, -0.2) is 0 Å². The van der Waals surface area contributed by atoms with Crippen LogP contribution in [-0.2, 0) is 0 Å². The molecule has 3 rings (SSSR count). The first-order chi connectivity index (χ1) is 8.75. The molecular formula is C12H16ClN5. The summed E-state index contributed by atoms with van der Waals surface area (Å²) < 4.78 is 1.71. The van der Waals surface area contributed by atoms with Crippen molar-refractivity contribution in [2.75, 3.05) is 11.9 Å². The first kappa shape index (κ1) is 11.7. The van der Waals surface area contributed by atoms with E-state index in [1.54, 1.807) is 4.52 Å². The maximum Gasteiger partial charge on any atom is 0.255 e. The van der Waals surface area contributed by atoms with Gasteiger partial charge in [0, 0.05) is 12.1 Å². The zero-order valence-corrected chi connectivity index (χ0v) is 11.1. The van der Waals surface area contributed by atoms with Crippen molar-refractivity contribution in [2.45, 2.75) is 32.6 Å². The molecule has 0 unspecified atom stereocenters. The summed E-state index contributed by atoms with van der Waals surface area (Å²) in [6.07, 6.45) is 6.81. The molecule has 2 heterocycles. The normalized spacial score (nSPS) is 15.2. The predicted molar refractivity (Wildman–Crippen MR) is 71.0 cm³/mol. The molecule has 0 spiro atoms. The first-order valence-corrected chi connectivity index (χ1v) is 6.73. The molecule has 1 fully saturated rings. The minimum Gasteiger partial charge on any atom is -0.370 e. The maximum atomic E-state index is 6.09. The van der Waals surface area contributed by atoms with Crippen LogP contribution in [0.3, 0.4) is 0 Å². The number of fused-ring (bicyclic) bond motifs is 1. The van der Waals surface area contributed by atoms with Crippen molar-refractivity contribution in [3.05, 3.63) is 17.0 Å². The highest BCUT2D eigenvalue weighted by molar-refractivity contribution is 6.30.